The Morgan fingerprint density at radius 1 is 1.29 bits per heavy atom. The third kappa shape index (κ3) is 4.16. The van der Waals surface area contributed by atoms with E-state index in [0.29, 0.717) is 6.04 Å². The van der Waals surface area contributed by atoms with Gasteiger partial charge in [0.05, 0.1) is 11.9 Å². The molecular formula is C17H32N4. The second-order valence-electron chi connectivity index (χ2n) is 6.37. The Hall–Kier alpha value is -1.16. The zero-order chi connectivity index (χ0) is 15.2. The highest BCUT2D eigenvalue weighted by atomic mass is 15.3. The van der Waals surface area contributed by atoms with Gasteiger partial charge in [-0.3, -0.25) is 0 Å². The molecule has 2 unspecified atom stereocenters. The summed E-state index contributed by atoms with van der Waals surface area (Å²) >= 11 is 0. The van der Waals surface area contributed by atoms with Crippen LogP contribution in [0.5, 0.6) is 0 Å². The van der Waals surface area contributed by atoms with Gasteiger partial charge in [-0.2, -0.15) is 0 Å². The second kappa shape index (κ2) is 7.74. The third-order valence-electron chi connectivity index (χ3n) is 4.79. The molecule has 0 amide bonds. The SMILES string of the molecule is C=C1NC(N2CCNCC2)=C(CCC(C)CC)C(CC)N1. The third-order valence-corrected chi connectivity index (χ3v) is 4.79. The highest BCUT2D eigenvalue weighted by Crippen LogP contribution is 2.26. The van der Waals surface area contributed by atoms with Gasteiger partial charge >= 0.3 is 0 Å². The molecule has 0 aliphatic carbocycles. The molecule has 0 saturated carbocycles. The van der Waals surface area contributed by atoms with Crippen LogP contribution in [-0.4, -0.2) is 37.1 Å². The molecule has 2 atom stereocenters. The van der Waals surface area contributed by atoms with Gasteiger partial charge in [-0.25, -0.2) is 0 Å². The lowest BCUT2D eigenvalue weighted by atomic mass is 9.92. The molecule has 3 N–H and O–H groups in total. The fraction of sp³-hybridized carbons (Fsp3) is 0.765. The highest BCUT2D eigenvalue weighted by molar-refractivity contribution is 5.27. The van der Waals surface area contributed by atoms with Gasteiger partial charge in [-0.15, -0.1) is 0 Å². The van der Waals surface area contributed by atoms with E-state index < -0.39 is 0 Å². The number of hydrogen-bond acceptors (Lipinski definition) is 4. The summed E-state index contributed by atoms with van der Waals surface area (Å²) in [7, 11) is 0. The maximum atomic E-state index is 4.10. The Balaban J connectivity index is 2.19. The normalized spacial score (nSPS) is 24.6. The number of nitrogens with zero attached hydrogens (tertiary/aromatic N) is 1. The van der Waals surface area contributed by atoms with E-state index in [1.54, 1.807) is 5.57 Å². The molecule has 0 spiro atoms. The summed E-state index contributed by atoms with van der Waals surface area (Å²) < 4.78 is 0. The Kier molecular flexibility index (Phi) is 5.97. The first kappa shape index (κ1) is 16.2. The number of nitrogens with one attached hydrogen (secondary N) is 3. The zero-order valence-electron chi connectivity index (χ0n) is 14.0. The predicted molar refractivity (Wildman–Crippen MR) is 89.6 cm³/mol. The van der Waals surface area contributed by atoms with Crippen molar-refractivity contribution in [2.45, 2.75) is 52.5 Å². The largest absolute Gasteiger partial charge is 0.365 e. The van der Waals surface area contributed by atoms with Crippen molar-refractivity contribution in [3.8, 4) is 0 Å². The summed E-state index contributed by atoms with van der Waals surface area (Å²) in [5.41, 5.74) is 1.55. The Labute approximate surface area is 130 Å². The fourth-order valence-corrected chi connectivity index (χ4v) is 3.14. The minimum Gasteiger partial charge on any atom is -0.365 e. The van der Waals surface area contributed by atoms with E-state index in [-0.39, 0.29) is 0 Å². The molecule has 120 valence electrons. The van der Waals surface area contributed by atoms with Gasteiger partial charge in [0.25, 0.3) is 0 Å². The van der Waals surface area contributed by atoms with Crippen molar-refractivity contribution in [1.29, 1.82) is 0 Å². The zero-order valence-corrected chi connectivity index (χ0v) is 14.0. The van der Waals surface area contributed by atoms with E-state index in [1.165, 1.54) is 25.1 Å². The van der Waals surface area contributed by atoms with E-state index in [0.717, 1.165) is 44.3 Å². The van der Waals surface area contributed by atoms with Gasteiger partial charge < -0.3 is 20.9 Å². The molecule has 0 aromatic rings. The van der Waals surface area contributed by atoms with Crippen LogP contribution in [0.25, 0.3) is 0 Å². The molecule has 2 aliphatic heterocycles. The molecule has 0 radical (unpaired) electrons. The van der Waals surface area contributed by atoms with Gasteiger partial charge in [0.15, 0.2) is 0 Å². The lowest BCUT2D eigenvalue weighted by Gasteiger charge is -2.40. The summed E-state index contributed by atoms with van der Waals surface area (Å²) in [6.45, 7) is 15.3. The molecule has 2 aliphatic rings. The first-order valence-electron chi connectivity index (χ1n) is 8.56. The Morgan fingerprint density at radius 2 is 2.00 bits per heavy atom. The maximum Gasteiger partial charge on any atom is 0.108 e. The number of hydrogen-bond donors (Lipinski definition) is 3. The van der Waals surface area contributed by atoms with E-state index in [1.807, 2.05) is 0 Å². The molecular weight excluding hydrogens is 260 g/mol. The fourth-order valence-electron chi connectivity index (χ4n) is 3.14. The summed E-state index contributed by atoms with van der Waals surface area (Å²) in [6, 6.07) is 0.438. The molecule has 4 nitrogen and oxygen atoms in total. The molecule has 4 heteroatoms. The smallest absolute Gasteiger partial charge is 0.108 e. The van der Waals surface area contributed by atoms with Crippen LogP contribution in [0.15, 0.2) is 23.8 Å². The Morgan fingerprint density at radius 3 is 2.62 bits per heavy atom. The number of piperazine rings is 1. The average Bonchev–Trinajstić information content (AvgIpc) is 2.53. The van der Waals surface area contributed by atoms with Crippen LogP contribution < -0.4 is 16.0 Å². The summed E-state index contributed by atoms with van der Waals surface area (Å²) in [5, 5.41) is 10.5. The van der Waals surface area contributed by atoms with Crippen LogP contribution in [-0.2, 0) is 0 Å². The van der Waals surface area contributed by atoms with Crippen LogP contribution in [0.1, 0.15) is 46.5 Å². The molecule has 0 aromatic heterocycles. The van der Waals surface area contributed by atoms with Crippen molar-refractivity contribution in [3.05, 3.63) is 23.8 Å². The minimum absolute atomic E-state index is 0.438. The van der Waals surface area contributed by atoms with Gasteiger partial charge in [0, 0.05) is 26.2 Å². The monoisotopic (exact) mass is 292 g/mol. The van der Waals surface area contributed by atoms with Gasteiger partial charge in [0.2, 0.25) is 0 Å². The molecule has 1 fully saturated rings. The second-order valence-corrected chi connectivity index (χ2v) is 6.37. The van der Waals surface area contributed by atoms with Crippen LogP contribution in [0.4, 0.5) is 0 Å². The first-order chi connectivity index (χ1) is 10.2. The van der Waals surface area contributed by atoms with Gasteiger partial charge in [-0.05, 0) is 30.8 Å². The van der Waals surface area contributed by atoms with Gasteiger partial charge in [0.1, 0.15) is 5.82 Å². The highest BCUT2D eigenvalue weighted by Gasteiger charge is 2.27. The van der Waals surface area contributed by atoms with E-state index >= 15 is 0 Å². The van der Waals surface area contributed by atoms with Crippen LogP contribution in [0.3, 0.4) is 0 Å². The molecule has 0 aromatic carbocycles. The van der Waals surface area contributed by atoms with Crippen LogP contribution in [0, 0.1) is 5.92 Å². The quantitative estimate of drug-likeness (QED) is 0.703. The van der Waals surface area contributed by atoms with E-state index in [4.69, 9.17) is 0 Å². The van der Waals surface area contributed by atoms with Crippen molar-refractivity contribution in [2.75, 3.05) is 26.2 Å². The molecule has 2 heterocycles. The van der Waals surface area contributed by atoms with Crippen molar-refractivity contribution in [1.82, 2.24) is 20.9 Å². The van der Waals surface area contributed by atoms with Crippen LogP contribution >= 0.6 is 0 Å². The molecule has 2 rings (SSSR count). The average molecular weight is 292 g/mol. The lowest BCUT2D eigenvalue weighted by Crippen LogP contribution is -2.51. The standard InChI is InChI=1S/C17H32N4/c1-5-13(3)7-8-15-16(6-2)19-14(4)20-17(15)21-11-9-18-10-12-21/h13,16,18-20H,4-12H2,1-3H3. The topological polar surface area (TPSA) is 39.3 Å². The van der Waals surface area contributed by atoms with Crippen molar-refractivity contribution >= 4 is 0 Å². The van der Waals surface area contributed by atoms with Gasteiger partial charge in [-0.1, -0.05) is 33.8 Å². The lowest BCUT2D eigenvalue weighted by molar-refractivity contribution is 0.268. The minimum atomic E-state index is 0.438. The molecule has 1 saturated heterocycles. The summed E-state index contributed by atoms with van der Waals surface area (Å²) in [6.07, 6.45) is 4.83. The van der Waals surface area contributed by atoms with Crippen molar-refractivity contribution in [2.24, 2.45) is 5.92 Å². The first-order valence-corrected chi connectivity index (χ1v) is 8.56. The Bertz CT molecular complexity index is 382. The van der Waals surface area contributed by atoms with Crippen LogP contribution in [0.2, 0.25) is 0 Å². The number of rotatable bonds is 6. The van der Waals surface area contributed by atoms with E-state index in [2.05, 4.69) is 48.2 Å². The summed E-state index contributed by atoms with van der Waals surface area (Å²) in [5.74, 6) is 3.07. The van der Waals surface area contributed by atoms with Crippen molar-refractivity contribution < 1.29 is 0 Å². The summed E-state index contributed by atoms with van der Waals surface area (Å²) in [4.78, 5) is 2.50. The molecule has 0 bridgehead atoms. The maximum absolute atomic E-state index is 4.10. The molecule has 21 heavy (non-hydrogen) atoms. The predicted octanol–water partition coefficient (Wildman–Crippen LogP) is 2.37. The van der Waals surface area contributed by atoms with Crippen molar-refractivity contribution in [3.63, 3.8) is 0 Å². The van der Waals surface area contributed by atoms with E-state index in [9.17, 15) is 0 Å².